The van der Waals surface area contributed by atoms with Crippen LogP contribution in [0.25, 0.3) is 0 Å². The Morgan fingerprint density at radius 2 is 1.95 bits per heavy atom. The second-order valence-electron chi connectivity index (χ2n) is 5.13. The zero-order valence-corrected chi connectivity index (χ0v) is 11.7. The van der Waals surface area contributed by atoms with Crippen LogP contribution in [0.4, 0.5) is 0 Å². The van der Waals surface area contributed by atoms with Gasteiger partial charge in [-0.05, 0) is 12.0 Å². The number of aliphatic hydroxyl groups is 1. The lowest BCUT2D eigenvalue weighted by atomic mass is 10.1. The van der Waals surface area contributed by atoms with Crippen molar-refractivity contribution in [2.45, 2.75) is 19.4 Å². The summed E-state index contributed by atoms with van der Waals surface area (Å²) in [6.07, 6.45) is 0.324. The van der Waals surface area contributed by atoms with E-state index in [0.29, 0.717) is 19.6 Å². The number of amides is 2. The zero-order chi connectivity index (χ0) is 14.5. The van der Waals surface area contributed by atoms with Crippen molar-refractivity contribution in [1.82, 2.24) is 9.80 Å². The lowest BCUT2D eigenvalue weighted by Crippen LogP contribution is -2.56. The minimum absolute atomic E-state index is 0.0921. The highest BCUT2D eigenvalue weighted by Crippen LogP contribution is 2.09. The monoisotopic (exact) mass is 276 g/mol. The molecule has 0 atom stereocenters. The van der Waals surface area contributed by atoms with E-state index in [2.05, 4.69) is 0 Å². The van der Waals surface area contributed by atoms with Crippen LogP contribution in [0.2, 0.25) is 0 Å². The zero-order valence-electron chi connectivity index (χ0n) is 11.7. The standard InChI is InChI=1S/C15H20N2O3/c1-12(18)16(8-7-13-5-3-2-4-6-13)11-15(20)17-9-14(19)10-17/h2-6,14,19H,7-11H2,1H3. The summed E-state index contributed by atoms with van der Waals surface area (Å²) in [4.78, 5) is 26.6. The molecule has 1 aliphatic rings. The molecule has 5 nitrogen and oxygen atoms in total. The molecular weight excluding hydrogens is 256 g/mol. The van der Waals surface area contributed by atoms with E-state index in [1.165, 1.54) is 6.92 Å². The van der Waals surface area contributed by atoms with Crippen molar-refractivity contribution in [1.29, 1.82) is 0 Å². The van der Waals surface area contributed by atoms with Gasteiger partial charge in [-0.1, -0.05) is 30.3 Å². The van der Waals surface area contributed by atoms with Crippen molar-refractivity contribution in [2.75, 3.05) is 26.2 Å². The van der Waals surface area contributed by atoms with Crippen LogP contribution in [0, 0.1) is 0 Å². The Kier molecular flexibility index (Phi) is 4.74. The maximum Gasteiger partial charge on any atom is 0.242 e. The van der Waals surface area contributed by atoms with Gasteiger partial charge >= 0.3 is 0 Å². The molecule has 0 spiro atoms. The summed E-state index contributed by atoms with van der Waals surface area (Å²) in [5, 5.41) is 9.19. The number of hydrogen-bond donors (Lipinski definition) is 1. The maximum atomic E-state index is 11.9. The van der Waals surface area contributed by atoms with E-state index in [4.69, 9.17) is 0 Å². The lowest BCUT2D eigenvalue weighted by molar-refractivity contribution is -0.146. The molecule has 108 valence electrons. The number of β-amino-alcohol motifs (C(OH)–C–C–N with tert-alkyl or cyclic N) is 1. The minimum atomic E-state index is -0.408. The number of carbonyl (C=O) groups is 2. The Hall–Kier alpha value is -1.88. The number of hydrogen-bond acceptors (Lipinski definition) is 3. The average molecular weight is 276 g/mol. The molecule has 1 N–H and O–H groups in total. The second-order valence-corrected chi connectivity index (χ2v) is 5.13. The number of nitrogens with zero attached hydrogens (tertiary/aromatic N) is 2. The molecule has 1 aliphatic heterocycles. The van der Waals surface area contributed by atoms with Crippen LogP contribution < -0.4 is 0 Å². The number of benzene rings is 1. The SMILES string of the molecule is CC(=O)N(CCc1ccccc1)CC(=O)N1CC(O)C1. The molecule has 0 aromatic heterocycles. The fourth-order valence-corrected chi connectivity index (χ4v) is 2.18. The average Bonchev–Trinajstić information content (AvgIpc) is 2.40. The summed E-state index contributed by atoms with van der Waals surface area (Å²) < 4.78 is 0. The van der Waals surface area contributed by atoms with Gasteiger partial charge in [0.05, 0.1) is 12.6 Å². The van der Waals surface area contributed by atoms with Crippen LogP contribution >= 0.6 is 0 Å². The Morgan fingerprint density at radius 1 is 1.30 bits per heavy atom. The summed E-state index contributed by atoms with van der Waals surface area (Å²) in [6, 6.07) is 9.88. The molecule has 1 heterocycles. The molecule has 2 rings (SSSR count). The van der Waals surface area contributed by atoms with Gasteiger partial charge in [-0.2, -0.15) is 0 Å². The molecule has 1 saturated heterocycles. The normalized spacial score (nSPS) is 14.8. The smallest absolute Gasteiger partial charge is 0.242 e. The third-order valence-electron chi connectivity index (χ3n) is 3.50. The maximum absolute atomic E-state index is 11.9. The number of rotatable bonds is 5. The molecule has 0 saturated carbocycles. The van der Waals surface area contributed by atoms with Crippen LogP contribution in [-0.2, 0) is 16.0 Å². The highest BCUT2D eigenvalue weighted by atomic mass is 16.3. The van der Waals surface area contributed by atoms with Crippen LogP contribution in [0.3, 0.4) is 0 Å². The van der Waals surface area contributed by atoms with Crippen LogP contribution in [0.5, 0.6) is 0 Å². The number of aliphatic hydroxyl groups excluding tert-OH is 1. The number of carbonyl (C=O) groups excluding carboxylic acids is 2. The summed E-state index contributed by atoms with van der Waals surface area (Å²) in [5.74, 6) is -0.200. The van der Waals surface area contributed by atoms with Gasteiger partial charge in [0.1, 0.15) is 0 Å². The third kappa shape index (κ3) is 3.81. The largest absolute Gasteiger partial charge is 0.389 e. The first-order valence-electron chi connectivity index (χ1n) is 6.81. The Balaban J connectivity index is 1.84. The van der Waals surface area contributed by atoms with E-state index < -0.39 is 6.10 Å². The fraction of sp³-hybridized carbons (Fsp3) is 0.467. The van der Waals surface area contributed by atoms with Crippen molar-refractivity contribution in [3.63, 3.8) is 0 Å². The van der Waals surface area contributed by atoms with Crippen LogP contribution in [-0.4, -0.2) is 59.0 Å². The van der Waals surface area contributed by atoms with Crippen molar-refractivity contribution < 1.29 is 14.7 Å². The highest BCUT2D eigenvalue weighted by molar-refractivity contribution is 5.84. The van der Waals surface area contributed by atoms with Gasteiger partial charge in [-0.3, -0.25) is 9.59 Å². The van der Waals surface area contributed by atoms with E-state index >= 15 is 0 Å². The fourth-order valence-electron chi connectivity index (χ4n) is 2.18. The van der Waals surface area contributed by atoms with Gasteiger partial charge in [-0.15, -0.1) is 0 Å². The van der Waals surface area contributed by atoms with E-state index in [1.54, 1.807) is 9.80 Å². The molecule has 1 aromatic rings. The molecule has 0 radical (unpaired) electrons. The van der Waals surface area contributed by atoms with E-state index in [9.17, 15) is 14.7 Å². The van der Waals surface area contributed by atoms with E-state index in [-0.39, 0.29) is 18.4 Å². The molecule has 20 heavy (non-hydrogen) atoms. The summed E-state index contributed by atoms with van der Waals surface area (Å²) in [7, 11) is 0. The van der Waals surface area contributed by atoms with Crippen molar-refractivity contribution >= 4 is 11.8 Å². The van der Waals surface area contributed by atoms with E-state index in [0.717, 1.165) is 12.0 Å². The molecule has 2 amide bonds. The molecule has 0 unspecified atom stereocenters. The highest BCUT2D eigenvalue weighted by Gasteiger charge is 2.29. The quantitative estimate of drug-likeness (QED) is 0.840. The summed E-state index contributed by atoms with van der Waals surface area (Å²) in [6.45, 7) is 2.85. The Labute approximate surface area is 118 Å². The summed E-state index contributed by atoms with van der Waals surface area (Å²) in [5.41, 5.74) is 1.14. The molecule has 0 bridgehead atoms. The predicted molar refractivity (Wildman–Crippen MR) is 75.0 cm³/mol. The topological polar surface area (TPSA) is 60.9 Å². The third-order valence-corrected chi connectivity index (χ3v) is 3.50. The second kappa shape index (κ2) is 6.52. The molecule has 0 aliphatic carbocycles. The molecule has 1 fully saturated rings. The number of likely N-dealkylation sites (tertiary alicyclic amines) is 1. The Bertz CT molecular complexity index is 469. The van der Waals surface area contributed by atoms with Crippen molar-refractivity contribution in [3.8, 4) is 0 Å². The van der Waals surface area contributed by atoms with Gasteiger partial charge in [0, 0.05) is 26.6 Å². The van der Waals surface area contributed by atoms with Crippen LogP contribution in [0.1, 0.15) is 12.5 Å². The van der Waals surface area contributed by atoms with Gasteiger partial charge in [0.25, 0.3) is 0 Å². The molecular formula is C15H20N2O3. The van der Waals surface area contributed by atoms with Gasteiger partial charge in [0.15, 0.2) is 0 Å². The lowest BCUT2D eigenvalue weighted by Gasteiger charge is -2.37. The molecule has 5 heteroatoms. The summed E-state index contributed by atoms with van der Waals surface area (Å²) >= 11 is 0. The first-order valence-corrected chi connectivity index (χ1v) is 6.81. The molecule has 1 aromatic carbocycles. The van der Waals surface area contributed by atoms with Gasteiger partial charge in [0.2, 0.25) is 11.8 Å². The van der Waals surface area contributed by atoms with Crippen molar-refractivity contribution in [2.24, 2.45) is 0 Å². The van der Waals surface area contributed by atoms with Gasteiger partial charge in [-0.25, -0.2) is 0 Å². The van der Waals surface area contributed by atoms with Crippen molar-refractivity contribution in [3.05, 3.63) is 35.9 Å². The minimum Gasteiger partial charge on any atom is -0.389 e. The Morgan fingerprint density at radius 3 is 2.50 bits per heavy atom. The first kappa shape index (κ1) is 14.5. The predicted octanol–water partition coefficient (Wildman–Crippen LogP) is 0.281. The van der Waals surface area contributed by atoms with Crippen LogP contribution in [0.15, 0.2) is 30.3 Å². The van der Waals surface area contributed by atoms with E-state index in [1.807, 2.05) is 30.3 Å². The van der Waals surface area contributed by atoms with Gasteiger partial charge < -0.3 is 14.9 Å². The first-order chi connectivity index (χ1) is 9.56.